The molecule has 0 saturated carbocycles. The van der Waals surface area contributed by atoms with Crippen molar-refractivity contribution in [3.05, 3.63) is 71.6 Å². The van der Waals surface area contributed by atoms with E-state index in [1.54, 1.807) is 12.1 Å². The minimum absolute atomic E-state index is 0.233. The number of hydrogen-bond acceptors (Lipinski definition) is 6. The van der Waals surface area contributed by atoms with Crippen molar-refractivity contribution in [1.82, 2.24) is 5.16 Å². The second-order valence-electron chi connectivity index (χ2n) is 10.7. The molecule has 4 aromatic rings. The lowest BCUT2D eigenvalue weighted by Gasteiger charge is -2.31. The monoisotopic (exact) mass is 507 g/mol. The molecular weight excluding hydrogens is 482 g/mol. The highest BCUT2D eigenvalue weighted by Crippen LogP contribution is 2.62. The van der Waals surface area contributed by atoms with Crippen LogP contribution < -0.4 is 9.64 Å². The molecule has 3 aliphatic rings. The first-order valence-electron chi connectivity index (χ1n) is 12.8. The highest BCUT2D eigenvalue weighted by atomic mass is 16.6. The Morgan fingerprint density at radius 2 is 1.79 bits per heavy atom. The maximum atomic E-state index is 14.0. The summed E-state index contributed by atoms with van der Waals surface area (Å²) in [6, 6.07) is 16.6. The van der Waals surface area contributed by atoms with E-state index in [4.69, 9.17) is 20.6 Å². The number of carbonyl (C=O) groups is 2. The number of benzene rings is 3. The molecule has 2 bridgehead atoms. The van der Waals surface area contributed by atoms with Crippen molar-refractivity contribution < 1.29 is 23.6 Å². The zero-order valence-corrected chi connectivity index (χ0v) is 21.1. The van der Waals surface area contributed by atoms with Gasteiger partial charge in [-0.1, -0.05) is 42.5 Å². The molecule has 190 valence electrons. The zero-order valence-electron chi connectivity index (χ0n) is 21.1. The van der Waals surface area contributed by atoms with Crippen LogP contribution in [0.15, 0.2) is 59.1 Å². The lowest BCUT2D eigenvalue weighted by molar-refractivity contribution is -0.131. The summed E-state index contributed by atoms with van der Waals surface area (Å²) in [5.41, 5.74) is 1.18. The van der Waals surface area contributed by atoms with E-state index >= 15 is 0 Å². The number of rotatable bonds is 5. The number of carbonyl (C=O) groups excluding carboxylic acids is 2. The molecule has 0 N–H and O–H groups in total. The van der Waals surface area contributed by atoms with Gasteiger partial charge in [-0.2, -0.15) is 0 Å². The minimum atomic E-state index is -0.789. The number of ether oxygens (including phenoxy) is 2. The second kappa shape index (κ2) is 7.89. The fourth-order valence-corrected chi connectivity index (χ4v) is 6.91. The summed E-state index contributed by atoms with van der Waals surface area (Å²) in [6.45, 7) is 11.7. The average molecular weight is 508 g/mol. The Bertz CT molecular complexity index is 1700. The summed E-state index contributed by atoms with van der Waals surface area (Å²) in [5.74, 6) is -1.21. The van der Waals surface area contributed by atoms with Crippen molar-refractivity contribution in [1.29, 1.82) is 0 Å². The molecule has 1 aromatic heterocycles. The summed E-state index contributed by atoms with van der Waals surface area (Å²) in [5, 5.41) is 6.33. The van der Waals surface area contributed by atoms with Crippen LogP contribution in [0.3, 0.4) is 0 Å². The lowest BCUT2D eigenvalue weighted by atomic mass is 9.67. The average Bonchev–Trinajstić information content (AvgIpc) is 3.63. The maximum Gasteiger partial charge on any atom is 0.262 e. The van der Waals surface area contributed by atoms with Crippen LogP contribution >= 0.6 is 0 Å². The van der Waals surface area contributed by atoms with Crippen LogP contribution in [0.25, 0.3) is 26.6 Å². The molecule has 38 heavy (non-hydrogen) atoms. The summed E-state index contributed by atoms with van der Waals surface area (Å²) in [6.07, 6.45) is 1.83. The third-order valence-electron chi connectivity index (χ3n) is 8.68. The number of amides is 2. The van der Waals surface area contributed by atoms with E-state index < -0.39 is 23.0 Å². The molecule has 3 fully saturated rings. The second-order valence-corrected chi connectivity index (χ2v) is 10.7. The number of aryl methyl sites for hydroxylation is 1. The molecule has 2 amide bonds. The Morgan fingerprint density at radius 1 is 1.03 bits per heavy atom. The zero-order chi connectivity index (χ0) is 26.2. The standard InChI is InChI=1S/C30H25N3O5/c1-17-7-6-10-20-25(17)37-32-26(20)36-16-15-30-14-13-29(2,38-30)23-24(30)28(35)33(27(23)34)22-12-11-21(31-3)18-8-4-5-9-19(18)22/h4-12,23-24H,13-16H2,1-2H3/t23-,24+,29?,30?/m1/s1. The van der Waals surface area contributed by atoms with Gasteiger partial charge in [0.15, 0.2) is 11.3 Å². The van der Waals surface area contributed by atoms with Crippen LogP contribution in [-0.4, -0.2) is 34.8 Å². The number of anilines is 1. The van der Waals surface area contributed by atoms with Gasteiger partial charge < -0.3 is 14.0 Å². The first-order chi connectivity index (χ1) is 18.4. The topological polar surface area (TPSA) is 86.2 Å². The van der Waals surface area contributed by atoms with Gasteiger partial charge in [-0.3, -0.25) is 9.59 Å². The van der Waals surface area contributed by atoms with Crippen molar-refractivity contribution in [2.24, 2.45) is 11.8 Å². The predicted molar refractivity (Wildman–Crippen MR) is 140 cm³/mol. The van der Waals surface area contributed by atoms with Crippen LogP contribution in [0.2, 0.25) is 0 Å². The van der Waals surface area contributed by atoms with Gasteiger partial charge in [0.2, 0.25) is 11.8 Å². The van der Waals surface area contributed by atoms with Gasteiger partial charge in [-0.15, -0.1) is 0 Å². The summed E-state index contributed by atoms with van der Waals surface area (Å²) in [7, 11) is 0. The molecular formula is C30H25N3O5. The predicted octanol–water partition coefficient (Wildman–Crippen LogP) is 5.74. The van der Waals surface area contributed by atoms with Gasteiger partial charge in [0.05, 0.1) is 47.3 Å². The normalized spacial score (nSPS) is 27.9. The first kappa shape index (κ1) is 22.9. The Hall–Kier alpha value is -4.22. The molecule has 2 unspecified atom stereocenters. The van der Waals surface area contributed by atoms with Crippen LogP contribution in [0.1, 0.15) is 31.7 Å². The van der Waals surface area contributed by atoms with Crippen molar-refractivity contribution in [2.75, 3.05) is 11.5 Å². The quantitative estimate of drug-likeness (QED) is 0.253. The van der Waals surface area contributed by atoms with Crippen molar-refractivity contribution in [3.8, 4) is 5.88 Å². The largest absolute Gasteiger partial charge is 0.475 e. The van der Waals surface area contributed by atoms with Gasteiger partial charge in [-0.25, -0.2) is 9.74 Å². The molecule has 4 heterocycles. The highest BCUT2D eigenvalue weighted by Gasteiger charge is 2.73. The van der Waals surface area contributed by atoms with Crippen molar-refractivity contribution in [2.45, 2.75) is 44.3 Å². The van der Waals surface area contributed by atoms with Crippen molar-refractivity contribution in [3.63, 3.8) is 0 Å². The molecule has 0 spiro atoms. The van der Waals surface area contributed by atoms with Gasteiger partial charge in [0, 0.05) is 6.42 Å². The highest BCUT2D eigenvalue weighted by molar-refractivity contribution is 6.26. The maximum absolute atomic E-state index is 14.0. The molecule has 3 aromatic carbocycles. The number of fused-ring (bicyclic) bond motifs is 7. The molecule has 0 aliphatic carbocycles. The third kappa shape index (κ3) is 2.96. The van der Waals surface area contributed by atoms with Gasteiger partial charge in [-0.05, 0) is 60.3 Å². The fourth-order valence-electron chi connectivity index (χ4n) is 6.91. The Labute approximate surface area is 218 Å². The van der Waals surface area contributed by atoms with E-state index in [1.807, 2.05) is 56.3 Å². The number of imide groups is 1. The fraction of sp³-hybridized carbons (Fsp3) is 0.333. The lowest BCUT2D eigenvalue weighted by Crippen LogP contribution is -2.43. The number of aromatic nitrogens is 1. The van der Waals surface area contributed by atoms with Crippen LogP contribution in [-0.2, 0) is 14.3 Å². The minimum Gasteiger partial charge on any atom is -0.475 e. The Morgan fingerprint density at radius 3 is 2.61 bits per heavy atom. The molecule has 7 rings (SSSR count). The summed E-state index contributed by atoms with van der Waals surface area (Å²) >= 11 is 0. The Balaban J connectivity index is 1.21. The van der Waals surface area contributed by atoms with E-state index in [-0.39, 0.29) is 18.4 Å². The van der Waals surface area contributed by atoms with E-state index in [1.165, 1.54) is 4.90 Å². The van der Waals surface area contributed by atoms with Crippen molar-refractivity contribution >= 4 is 44.9 Å². The third-order valence-corrected chi connectivity index (χ3v) is 8.68. The van der Waals surface area contributed by atoms with Gasteiger partial charge in [0.25, 0.3) is 5.88 Å². The number of nitrogens with zero attached hydrogens (tertiary/aromatic N) is 3. The van der Waals surface area contributed by atoms with Crippen LogP contribution in [0, 0.1) is 25.3 Å². The van der Waals surface area contributed by atoms with Gasteiger partial charge >= 0.3 is 0 Å². The molecule has 4 atom stereocenters. The molecule has 8 heteroatoms. The molecule has 0 radical (unpaired) electrons. The van der Waals surface area contributed by atoms with E-state index in [2.05, 4.69) is 10.0 Å². The van der Waals surface area contributed by atoms with E-state index in [0.717, 1.165) is 16.3 Å². The van der Waals surface area contributed by atoms with Gasteiger partial charge in [0.1, 0.15) is 0 Å². The van der Waals surface area contributed by atoms with E-state index in [9.17, 15) is 9.59 Å². The van der Waals surface area contributed by atoms with Crippen LogP contribution in [0.5, 0.6) is 5.88 Å². The smallest absolute Gasteiger partial charge is 0.262 e. The molecule has 8 nitrogen and oxygen atoms in total. The SMILES string of the molecule is [C-]#[N+]c1ccc(N2C(=O)[C@@H]3[C@H](C2=O)C2(C)CCC3(CCOc3noc4c(C)cccc34)O2)c2ccccc12. The van der Waals surface area contributed by atoms with Crippen LogP contribution in [0.4, 0.5) is 11.4 Å². The molecule has 3 aliphatic heterocycles. The molecule has 3 saturated heterocycles. The Kier molecular flexibility index (Phi) is 4.76. The summed E-state index contributed by atoms with van der Waals surface area (Å²) < 4.78 is 18.1. The number of para-hydroxylation sites is 1. The summed E-state index contributed by atoms with van der Waals surface area (Å²) in [4.78, 5) is 32.9. The number of hydrogen-bond donors (Lipinski definition) is 0. The van der Waals surface area contributed by atoms with E-state index in [0.29, 0.717) is 47.5 Å². The first-order valence-corrected chi connectivity index (χ1v) is 12.8.